The van der Waals surface area contributed by atoms with Crippen LogP contribution < -0.4 is 5.32 Å². The first kappa shape index (κ1) is 9.20. The maximum Gasteiger partial charge on any atom is 0.140 e. The molecule has 0 aromatic rings. The van der Waals surface area contributed by atoms with E-state index in [2.05, 4.69) is 19.2 Å². The highest BCUT2D eigenvalue weighted by Crippen LogP contribution is 2.35. The molecule has 2 rings (SSSR count). The molecular weight excluding hydrogens is 162 g/mol. The van der Waals surface area contributed by atoms with Gasteiger partial charge in [-0.1, -0.05) is 13.8 Å². The average Bonchev–Trinajstić information content (AvgIpc) is 2.76. The Balaban J connectivity index is 1.98. The molecule has 0 radical (unpaired) electrons. The summed E-state index contributed by atoms with van der Waals surface area (Å²) in [6, 6.07) is 1.18. The molecule has 2 heterocycles. The zero-order valence-electron chi connectivity index (χ0n) is 8.55. The Bertz CT molecular complexity index is 214. The van der Waals surface area contributed by atoms with Crippen molar-refractivity contribution < 1.29 is 4.79 Å². The van der Waals surface area contributed by atoms with E-state index in [9.17, 15) is 4.79 Å². The summed E-state index contributed by atoms with van der Waals surface area (Å²) in [7, 11) is 0. The molecule has 2 saturated heterocycles. The molecule has 74 valence electrons. The van der Waals surface area contributed by atoms with E-state index in [1.807, 2.05) is 0 Å². The molecule has 13 heavy (non-hydrogen) atoms. The molecule has 2 nitrogen and oxygen atoms in total. The molecule has 0 aromatic carbocycles. The van der Waals surface area contributed by atoms with E-state index in [1.54, 1.807) is 0 Å². The first-order valence-corrected chi connectivity index (χ1v) is 5.52. The van der Waals surface area contributed by atoms with E-state index in [1.165, 1.54) is 12.8 Å². The molecular formula is C11H19NO. The Hall–Kier alpha value is -0.370. The first-order chi connectivity index (χ1) is 6.22. The number of nitrogens with one attached hydrogen (secondary N) is 1. The highest BCUT2D eigenvalue weighted by atomic mass is 16.1. The van der Waals surface area contributed by atoms with Gasteiger partial charge in [0.2, 0.25) is 0 Å². The minimum atomic E-state index is 0.270. The summed E-state index contributed by atoms with van der Waals surface area (Å²) in [6.45, 7) is 4.16. The first-order valence-electron chi connectivity index (χ1n) is 5.52. The van der Waals surface area contributed by atoms with Crippen molar-refractivity contribution in [2.45, 2.75) is 51.6 Å². The van der Waals surface area contributed by atoms with E-state index in [-0.39, 0.29) is 5.92 Å². The fourth-order valence-corrected chi connectivity index (χ4v) is 2.71. The van der Waals surface area contributed by atoms with Crippen LogP contribution in [-0.2, 0) is 4.79 Å². The van der Waals surface area contributed by atoms with Gasteiger partial charge in [0.05, 0.1) is 0 Å². The molecule has 2 heteroatoms. The third-order valence-corrected chi connectivity index (χ3v) is 3.76. The Morgan fingerprint density at radius 1 is 1.54 bits per heavy atom. The van der Waals surface area contributed by atoms with Crippen molar-refractivity contribution in [2.75, 3.05) is 0 Å². The molecule has 0 aromatic heterocycles. The lowest BCUT2D eigenvalue weighted by Gasteiger charge is -2.21. The lowest BCUT2D eigenvalue weighted by Crippen LogP contribution is -2.31. The van der Waals surface area contributed by atoms with Crippen LogP contribution in [0, 0.1) is 11.8 Å². The van der Waals surface area contributed by atoms with Crippen molar-refractivity contribution in [3.8, 4) is 0 Å². The number of hydrogen-bond acceptors (Lipinski definition) is 2. The van der Waals surface area contributed by atoms with Crippen LogP contribution in [0.15, 0.2) is 0 Å². The monoisotopic (exact) mass is 181 g/mol. The van der Waals surface area contributed by atoms with Gasteiger partial charge in [0.15, 0.2) is 0 Å². The van der Waals surface area contributed by atoms with Gasteiger partial charge in [-0.25, -0.2) is 0 Å². The maximum atomic E-state index is 11.9. The average molecular weight is 181 g/mol. The van der Waals surface area contributed by atoms with Gasteiger partial charge in [-0.15, -0.1) is 0 Å². The second kappa shape index (κ2) is 3.41. The van der Waals surface area contributed by atoms with Crippen molar-refractivity contribution in [3.05, 3.63) is 0 Å². The van der Waals surface area contributed by atoms with Gasteiger partial charge < -0.3 is 5.32 Å². The van der Waals surface area contributed by atoms with Crippen molar-refractivity contribution in [3.63, 3.8) is 0 Å². The molecule has 2 aliphatic rings. The van der Waals surface area contributed by atoms with Crippen molar-refractivity contribution in [1.29, 1.82) is 0 Å². The SMILES string of the molecule is CCC(C)C(=O)C1CC2CCC1N2. The minimum absolute atomic E-state index is 0.270. The lowest BCUT2D eigenvalue weighted by molar-refractivity contribution is -0.126. The number of ketones is 1. The van der Waals surface area contributed by atoms with Crippen LogP contribution in [-0.4, -0.2) is 17.9 Å². The molecule has 1 N–H and O–H groups in total. The van der Waals surface area contributed by atoms with Crippen LogP contribution in [0.1, 0.15) is 39.5 Å². The van der Waals surface area contributed by atoms with Crippen LogP contribution >= 0.6 is 0 Å². The van der Waals surface area contributed by atoms with Gasteiger partial charge in [-0.05, 0) is 25.7 Å². The minimum Gasteiger partial charge on any atom is -0.310 e. The lowest BCUT2D eigenvalue weighted by atomic mass is 9.81. The van der Waals surface area contributed by atoms with Gasteiger partial charge in [0, 0.05) is 23.9 Å². The van der Waals surface area contributed by atoms with Gasteiger partial charge in [-0.2, -0.15) is 0 Å². The summed E-state index contributed by atoms with van der Waals surface area (Å²) >= 11 is 0. The Morgan fingerprint density at radius 3 is 2.77 bits per heavy atom. The summed E-state index contributed by atoms with van der Waals surface area (Å²) in [5, 5.41) is 3.52. The van der Waals surface area contributed by atoms with Crippen LogP contribution in [0.5, 0.6) is 0 Å². The number of fused-ring (bicyclic) bond motifs is 2. The number of hydrogen-bond donors (Lipinski definition) is 1. The third kappa shape index (κ3) is 1.52. The van der Waals surface area contributed by atoms with E-state index in [4.69, 9.17) is 0 Å². The standard InChI is InChI=1S/C11H19NO/c1-3-7(2)11(13)9-6-8-4-5-10(9)12-8/h7-10,12H,3-6H2,1-2H3. The van der Waals surface area contributed by atoms with E-state index in [0.717, 1.165) is 12.8 Å². The number of carbonyl (C=O) groups is 1. The molecule has 0 amide bonds. The molecule has 4 unspecified atom stereocenters. The zero-order chi connectivity index (χ0) is 9.42. The second-order valence-corrected chi connectivity index (χ2v) is 4.60. The van der Waals surface area contributed by atoms with Gasteiger partial charge in [0.1, 0.15) is 5.78 Å². The van der Waals surface area contributed by atoms with Crippen LogP contribution in [0.25, 0.3) is 0 Å². The molecule has 2 fully saturated rings. The predicted molar refractivity (Wildman–Crippen MR) is 52.5 cm³/mol. The van der Waals surface area contributed by atoms with Gasteiger partial charge in [-0.3, -0.25) is 4.79 Å². The summed E-state index contributed by atoms with van der Waals surface area (Å²) < 4.78 is 0. The maximum absolute atomic E-state index is 11.9. The highest BCUT2D eigenvalue weighted by Gasteiger charge is 2.43. The molecule has 0 saturated carbocycles. The molecule has 4 atom stereocenters. The van der Waals surface area contributed by atoms with Crippen molar-refractivity contribution in [1.82, 2.24) is 5.32 Å². The van der Waals surface area contributed by atoms with Crippen molar-refractivity contribution >= 4 is 5.78 Å². The normalized spacial score (nSPS) is 39.4. The number of Topliss-reactive ketones (excluding diaryl/α,β-unsaturated/α-hetero) is 1. The Kier molecular flexibility index (Phi) is 2.41. The fourth-order valence-electron chi connectivity index (χ4n) is 2.71. The predicted octanol–water partition coefficient (Wildman–Crippen LogP) is 1.74. The zero-order valence-corrected chi connectivity index (χ0v) is 8.55. The van der Waals surface area contributed by atoms with Crippen LogP contribution in [0.3, 0.4) is 0 Å². The Labute approximate surface area is 80.1 Å². The molecule has 0 aliphatic carbocycles. The largest absolute Gasteiger partial charge is 0.310 e. The summed E-state index contributed by atoms with van der Waals surface area (Å²) in [4.78, 5) is 11.9. The second-order valence-electron chi connectivity index (χ2n) is 4.60. The summed E-state index contributed by atoms with van der Waals surface area (Å²) in [5.74, 6) is 1.11. The number of carbonyl (C=O) groups excluding carboxylic acids is 1. The quantitative estimate of drug-likeness (QED) is 0.718. The van der Waals surface area contributed by atoms with Crippen LogP contribution in [0.4, 0.5) is 0 Å². The molecule has 0 spiro atoms. The van der Waals surface area contributed by atoms with E-state index >= 15 is 0 Å². The molecule has 2 bridgehead atoms. The molecule has 2 aliphatic heterocycles. The number of rotatable bonds is 3. The topological polar surface area (TPSA) is 29.1 Å². The Morgan fingerprint density at radius 2 is 2.31 bits per heavy atom. The smallest absolute Gasteiger partial charge is 0.140 e. The third-order valence-electron chi connectivity index (χ3n) is 3.76. The van der Waals surface area contributed by atoms with Crippen LogP contribution in [0.2, 0.25) is 0 Å². The summed E-state index contributed by atoms with van der Waals surface area (Å²) in [6.07, 6.45) is 4.60. The fraction of sp³-hybridized carbons (Fsp3) is 0.909. The van der Waals surface area contributed by atoms with Crippen molar-refractivity contribution in [2.24, 2.45) is 11.8 Å². The highest BCUT2D eigenvalue weighted by molar-refractivity contribution is 5.84. The van der Waals surface area contributed by atoms with Gasteiger partial charge >= 0.3 is 0 Å². The van der Waals surface area contributed by atoms with E-state index < -0.39 is 0 Å². The van der Waals surface area contributed by atoms with Gasteiger partial charge in [0.25, 0.3) is 0 Å². The summed E-state index contributed by atoms with van der Waals surface area (Å²) in [5.41, 5.74) is 0. The van der Waals surface area contributed by atoms with E-state index in [0.29, 0.717) is 23.8 Å².